The quantitative estimate of drug-likeness (QED) is 0.407. The second-order valence-electron chi connectivity index (χ2n) is 6.22. The van der Waals surface area contributed by atoms with Crippen molar-refractivity contribution in [1.82, 2.24) is 0 Å². The van der Waals surface area contributed by atoms with Crippen LogP contribution in [0.15, 0.2) is 30.3 Å². The Morgan fingerprint density at radius 1 is 1.00 bits per heavy atom. The molecule has 0 aliphatic carbocycles. The number of Topliss-reactive ketones (excluding diaryl/α,β-unsaturated/α-hetero) is 1. The van der Waals surface area contributed by atoms with Gasteiger partial charge in [-0.3, -0.25) is 4.79 Å². The Bertz CT molecular complexity index is 905. The number of esters is 1. The number of aromatic carboxylic acids is 1. The lowest BCUT2D eigenvalue weighted by Crippen LogP contribution is -2.22. The average molecular weight is 385 g/mol. The molecule has 0 aliphatic heterocycles. The summed E-state index contributed by atoms with van der Waals surface area (Å²) in [6, 6.07) is 9.27. The minimum Gasteiger partial charge on any atom is -0.478 e. The molecule has 3 N–H and O–H groups in total. The third kappa shape index (κ3) is 4.37. The number of carbonyl (C=O) groups is 3. The van der Waals surface area contributed by atoms with E-state index >= 15 is 0 Å². The van der Waals surface area contributed by atoms with Gasteiger partial charge in [-0.15, -0.1) is 0 Å². The smallest absolute Gasteiger partial charge is 0.338 e. The molecular formula is C21H23NO6. The van der Waals surface area contributed by atoms with E-state index in [2.05, 4.69) is 0 Å². The van der Waals surface area contributed by atoms with Crippen LogP contribution in [0.4, 0.5) is 5.69 Å². The van der Waals surface area contributed by atoms with Gasteiger partial charge in [0.1, 0.15) is 6.61 Å². The number of benzene rings is 2. The summed E-state index contributed by atoms with van der Waals surface area (Å²) < 4.78 is 10.4. The number of rotatable bonds is 8. The molecule has 0 saturated heterocycles. The van der Waals surface area contributed by atoms with E-state index in [9.17, 15) is 19.5 Å². The lowest BCUT2D eigenvalue weighted by Gasteiger charge is -2.18. The van der Waals surface area contributed by atoms with Crippen LogP contribution in [-0.4, -0.2) is 36.0 Å². The summed E-state index contributed by atoms with van der Waals surface area (Å²) >= 11 is 0. The second-order valence-corrected chi connectivity index (χ2v) is 6.22. The van der Waals surface area contributed by atoms with Crippen LogP contribution < -0.4 is 5.73 Å². The molecule has 2 rings (SSSR count). The van der Waals surface area contributed by atoms with Gasteiger partial charge in [0.05, 0.1) is 29.9 Å². The van der Waals surface area contributed by atoms with Gasteiger partial charge in [-0.1, -0.05) is 30.3 Å². The lowest BCUT2D eigenvalue weighted by atomic mass is 9.89. The first kappa shape index (κ1) is 21.1. The van der Waals surface area contributed by atoms with Crippen molar-refractivity contribution in [3.8, 4) is 0 Å². The van der Waals surface area contributed by atoms with E-state index in [0.29, 0.717) is 5.56 Å². The maximum atomic E-state index is 12.7. The number of anilines is 1. The van der Waals surface area contributed by atoms with Crippen molar-refractivity contribution >= 4 is 23.4 Å². The molecule has 0 saturated carbocycles. The highest BCUT2D eigenvalue weighted by Crippen LogP contribution is 2.31. The Labute approximate surface area is 163 Å². The van der Waals surface area contributed by atoms with Gasteiger partial charge in [0.25, 0.3) is 0 Å². The van der Waals surface area contributed by atoms with E-state index in [1.165, 1.54) is 6.92 Å². The molecule has 0 bridgehead atoms. The summed E-state index contributed by atoms with van der Waals surface area (Å²) in [6.45, 7) is 4.66. The molecule has 7 nitrogen and oxygen atoms in total. The highest BCUT2D eigenvalue weighted by molar-refractivity contribution is 6.13. The van der Waals surface area contributed by atoms with Crippen molar-refractivity contribution in [2.24, 2.45) is 0 Å². The fourth-order valence-corrected chi connectivity index (χ4v) is 3.02. The number of carbonyl (C=O) groups excluding carboxylic acids is 2. The Hall–Kier alpha value is -3.19. The minimum absolute atomic E-state index is 0.0561. The minimum atomic E-state index is -1.35. The standard InChI is InChI=1S/C21H23NO6/c1-4-28-21(26)16-12(2)17(20(24)25)18(19(22)13(16)3)15(23)11-27-10-14-8-6-5-7-9-14/h5-9H,4,10-11,22H2,1-3H3,(H,24,25). The van der Waals surface area contributed by atoms with Gasteiger partial charge in [0, 0.05) is 5.69 Å². The van der Waals surface area contributed by atoms with E-state index in [1.807, 2.05) is 30.3 Å². The van der Waals surface area contributed by atoms with Crippen molar-refractivity contribution in [3.05, 3.63) is 63.7 Å². The van der Waals surface area contributed by atoms with Gasteiger partial charge in [0.15, 0.2) is 5.78 Å². The molecule has 0 radical (unpaired) electrons. The molecule has 0 heterocycles. The van der Waals surface area contributed by atoms with Crippen LogP contribution in [0, 0.1) is 13.8 Å². The molecule has 28 heavy (non-hydrogen) atoms. The Morgan fingerprint density at radius 3 is 2.21 bits per heavy atom. The monoisotopic (exact) mass is 385 g/mol. The number of hydrogen-bond donors (Lipinski definition) is 2. The van der Waals surface area contributed by atoms with Crippen molar-refractivity contribution in [1.29, 1.82) is 0 Å². The summed E-state index contributed by atoms with van der Waals surface area (Å²) in [6.07, 6.45) is 0. The third-order valence-electron chi connectivity index (χ3n) is 4.37. The van der Waals surface area contributed by atoms with Gasteiger partial charge in [-0.25, -0.2) is 9.59 Å². The molecule has 2 aromatic carbocycles. The SMILES string of the molecule is CCOC(=O)c1c(C)c(N)c(C(=O)COCc2ccccc2)c(C(=O)O)c1C. The zero-order valence-electron chi connectivity index (χ0n) is 16.1. The van der Waals surface area contributed by atoms with Gasteiger partial charge in [-0.05, 0) is 37.5 Å². The molecule has 7 heteroatoms. The molecule has 0 amide bonds. The number of nitrogens with two attached hydrogens (primary N) is 1. The highest BCUT2D eigenvalue weighted by atomic mass is 16.5. The first-order valence-corrected chi connectivity index (χ1v) is 8.77. The molecule has 0 spiro atoms. The summed E-state index contributed by atoms with van der Waals surface area (Å²) in [7, 11) is 0. The fourth-order valence-electron chi connectivity index (χ4n) is 3.02. The summed E-state index contributed by atoms with van der Waals surface area (Å²) in [5, 5.41) is 9.65. The van der Waals surface area contributed by atoms with E-state index in [4.69, 9.17) is 15.2 Å². The molecule has 148 valence electrons. The van der Waals surface area contributed by atoms with E-state index in [-0.39, 0.29) is 47.8 Å². The Morgan fingerprint density at radius 2 is 1.64 bits per heavy atom. The highest BCUT2D eigenvalue weighted by Gasteiger charge is 2.29. The maximum Gasteiger partial charge on any atom is 0.338 e. The van der Waals surface area contributed by atoms with Gasteiger partial charge in [0.2, 0.25) is 0 Å². The lowest BCUT2D eigenvalue weighted by molar-refractivity contribution is 0.0524. The van der Waals surface area contributed by atoms with Gasteiger partial charge in [-0.2, -0.15) is 0 Å². The van der Waals surface area contributed by atoms with E-state index in [0.717, 1.165) is 5.56 Å². The Balaban J connectivity index is 2.38. The molecule has 0 unspecified atom stereocenters. The first-order chi connectivity index (χ1) is 13.3. The fraction of sp³-hybridized carbons (Fsp3) is 0.286. The van der Waals surface area contributed by atoms with E-state index in [1.54, 1.807) is 13.8 Å². The van der Waals surface area contributed by atoms with Crippen LogP contribution in [0.3, 0.4) is 0 Å². The van der Waals surface area contributed by atoms with Crippen LogP contribution in [0.1, 0.15) is 54.7 Å². The third-order valence-corrected chi connectivity index (χ3v) is 4.37. The first-order valence-electron chi connectivity index (χ1n) is 8.77. The van der Waals surface area contributed by atoms with Crippen LogP contribution in [0.25, 0.3) is 0 Å². The van der Waals surface area contributed by atoms with Crippen LogP contribution in [0.2, 0.25) is 0 Å². The number of nitrogen functional groups attached to an aromatic ring is 1. The predicted molar refractivity (Wildman–Crippen MR) is 104 cm³/mol. The van der Waals surface area contributed by atoms with Crippen molar-refractivity contribution in [3.63, 3.8) is 0 Å². The van der Waals surface area contributed by atoms with Crippen LogP contribution in [0.5, 0.6) is 0 Å². The number of carboxylic acid groups (broad SMARTS) is 1. The Kier molecular flexibility index (Phi) is 6.89. The van der Waals surface area contributed by atoms with Crippen LogP contribution in [-0.2, 0) is 16.1 Å². The zero-order chi connectivity index (χ0) is 20.8. The molecule has 0 atom stereocenters. The summed E-state index contributed by atoms with van der Waals surface area (Å²) in [5.41, 5.74) is 6.95. The number of ether oxygens (including phenoxy) is 2. The number of carboxylic acids is 1. The summed E-state index contributed by atoms with van der Waals surface area (Å²) in [5.74, 6) is -2.58. The molecule has 0 aromatic heterocycles. The molecule has 2 aromatic rings. The largest absolute Gasteiger partial charge is 0.478 e. The van der Waals surface area contributed by atoms with Gasteiger partial charge >= 0.3 is 11.9 Å². The molecule has 0 aliphatic rings. The van der Waals surface area contributed by atoms with Crippen molar-refractivity contribution in [2.75, 3.05) is 18.9 Å². The average Bonchev–Trinajstić information content (AvgIpc) is 2.65. The number of hydrogen-bond acceptors (Lipinski definition) is 6. The normalized spacial score (nSPS) is 10.5. The van der Waals surface area contributed by atoms with Crippen LogP contribution >= 0.6 is 0 Å². The van der Waals surface area contributed by atoms with E-state index < -0.39 is 17.7 Å². The molecule has 0 fully saturated rings. The predicted octanol–water partition coefficient (Wildman–Crippen LogP) is 3.16. The number of ketones is 1. The maximum absolute atomic E-state index is 12.7. The van der Waals surface area contributed by atoms with Gasteiger partial charge < -0.3 is 20.3 Å². The van der Waals surface area contributed by atoms with Crippen molar-refractivity contribution < 1.29 is 29.0 Å². The topological polar surface area (TPSA) is 116 Å². The van der Waals surface area contributed by atoms with Crippen molar-refractivity contribution in [2.45, 2.75) is 27.4 Å². The summed E-state index contributed by atoms with van der Waals surface area (Å²) in [4.78, 5) is 36.8. The molecular weight excluding hydrogens is 362 g/mol. The second kappa shape index (κ2) is 9.14. The zero-order valence-corrected chi connectivity index (χ0v) is 16.1.